The van der Waals surface area contributed by atoms with E-state index in [1.165, 1.54) is 52.7 Å². The van der Waals surface area contributed by atoms with Gasteiger partial charge in [-0.3, -0.25) is 9.59 Å². The van der Waals surface area contributed by atoms with Gasteiger partial charge in [0, 0.05) is 5.56 Å². The molecule has 2 rings (SSSR count). The van der Waals surface area contributed by atoms with Crippen LogP contribution in [0.1, 0.15) is 15.9 Å². The predicted octanol–water partition coefficient (Wildman–Crippen LogP) is 2.33. The Bertz CT molecular complexity index is 860. The third-order valence-corrected chi connectivity index (χ3v) is 3.94. The minimum Gasteiger partial charge on any atom is -0.494 e. The van der Waals surface area contributed by atoms with Gasteiger partial charge in [-0.1, -0.05) is 6.07 Å². The lowest BCUT2D eigenvalue weighted by Crippen LogP contribution is -2.30. The molecule has 0 radical (unpaired) electrons. The molecule has 0 aliphatic carbocycles. The second-order valence-electron chi connectivity index (χ2n) is 5.73. The standard InChI is InChI=1S/C20H22FNO7/c1-25-15-6-5-12(7-14(15)21)11-29-18(23)10-22-20(24)13-8-16(26-2)19(28-4)17(9-13)27-3/h5-9H,10-11H2,1-4H3,(H,22,24). The molecule has 1 N–H and O–H groups in total. The fourth-order valence-electron chi connectivity index (χ4n) is 2.48. The van der Waals surface area contributed by atoms with Gasteiger partial charge in [-0.25, -0.2) is 4.39 Å². The Balaban J connectivity index is 1.94. The van der Waals surface area contributed by atoms with Crippen molar-refractivity contribution in [3.05, 3.63) is 47.3 Å². The van der Waals surface area contributed by atoms with Crippen molar-refractivity contribution in [2.24, 2.45) is 0 Å². The molecule has 2 aromatic rings. The zero-order chi connectivity index (χ0) is 21.4. The van der Waals surface area contributed by atoms with Crippen LogP contribution in [0.25, 0.3) is 0 Å². The van der Waals surface area contributed by atoms with Crippen molar-refractivity contribution in [3.63, 3.8) is 0 Å². The molecule has 0 saturated carbocycles. The minimum atomic E-state index is -0.679. The highest BCUT2D eigenvalue weighted by atomic mass is 19.1. The first-order chi connectivity index (χ1) is 13.9. The number of benzene rings is 2. The summed E-state index contributed by atoms with van der Waals surface area (Å²) in [6.07, 6.45) is 0. The largest absolute Gasteiger partial charge is 0.494 e. The smallest absolute Gasteiger partial charge is 0.325 e. The molecule has 0 spiro atoms. The summed E-state index contributed by atoms with van der Waals surface area (Å²) in [7, 11) is 5.66. The van der Waals surface area contributed by atoms with Gasteiger partial charge < -0.3 is 29.0 Å². The lowest BCUT2D eigenvalue weighted by molar-refractivity contribution is -0.143. The van der Waals surface area contributed by atoms with E-state index in [1.54, 1.807) is 6.07 Å². The van der Waals surface area contributed by atoms with Gasteiger partial charge in [0.1, 0.15) is 13.2 Å². The molecular weight excluding hydrogens is 385 g/mol. The molecule has 0 aliphatic heterocycles. The van der Waals surface area contributed by atoms with Crippen LogP contribution in [0.5, 0.6) is 23.0 Å². The van der Waals surface area contributed by atoms with E-state index in [1.807, 2.05) is 0 Å². The molecule has 0 heterocycles. The fraction of sp³-hybridized carbons (Fsp3) is 0.300. The van der Waals surface area contributed by atoms with Crippen molar-refractivity contribution in [2.75, 3.05) is 35.0 Å². The highest BCUT2D eigenvalue weighted by Gasteiger charge is 2.17. The zero-order valence-corrected chi connectivity index (χ0v) is 16.5. The Labute approximate surface area is 167 Å². The molecule has 0 aliphatic rings. The van der Waals surface area contributed by atoms with Crippen LogP contribution >= 0.6 is 0 Å². The number of carbonyl (C=O) groups is 2. The number of ether oxygens (including phenoxy) is 5. The van der Waals surface area contributed by atoms with E-state index in [0.717, 1.165) is 0 Å². The van der Waals surface area contributed by atoms with E-state index in [0.29, 0.717) is 22.8 Å². The zero-order valence-electron chi connectivity index (χ0n) is 16.5. The van der Waals surface area contributed by atoms with Crippen LogP contribution in [0.2, 0.25) is 0 Å². The van der Waals surface area contributed by atoms with E-state index in [9.17, 15) is 14.0 Å². The number of nitrogens with one attached hydrogen (secondary N) is 1. The van der Waals surface area contributed by atoms with E-state index >= 15 is 0 Å². The molecule has 156 valence electrons. The van der Waals surface area contributed by atoms with Gasteiger partial charge in [-0.2, -0.15) is 0 Å². The molecule has 29 heavy (non-hydrogen) atoms. The quantitative estimate of drug-likeness (QED) is 0.638. The van der Waals surface area contributed by atoms with E-state index in [2.05, 4.69) is 5.32 Å². The molecular formula is C20H22FNO7. The summed E-state index contributed by atoms with van der Waals surface area (Å²) in [5.74, 6) is -0.715. The highest BCUT2D eigenvalue weighted by Crippen LogP contribution is 2.38. The van der Waals surface area contributed by atoms with Gasteiger partial charge in [0.05, 0.1) is 28.4 Å². The number of esters is 1. The van der Waals surface area contributed by atoms with Gasteiger partial charge in [0.25, 0.3) is 5.91 Å². The second kappa shape index (κ2) is 10.2. The summed E-state index contributed by atoms with van der Waals surface area (Å²) in [6.45, 7) is -0.506. The third-order valence-electron chi connectivity index (χ3n) is 3.94. The molecule has 9 heteroatoms. The maximum atomic E-state index is 13.6. The maximum Gasteiger partial charge on any atom is 0.325 e. The Morgan fingerprint density at radius 1 is 0.897 bits per heavy atom. The minimum absolute atomic E-state index is 0.0951. The van der Waals surface area contributed by atoms with Gasteiger partial charge in [-0.15, -0.1) is 0 Å². The number of halogens is 1. The SMILES string of the molecule is COc1ccc(COC(=O)CNC(=O)c2cc(OC)c(OC)c(OC)c2)cc1F. The van der Waals surface area contributed by atoms with Crippen molar-refractivity contribution < 1.29 is 37.7 Å². The molecule has 0 saturated heterocycles. The first-order valence-corrected chi connectivity index (χ1v) is 8.49. The van der Waals surface area contributed by atoms with Gasteiger partial charge in [-0.05, 0) is 29.8 Å². The lowest BCUT2D eigenvalue weighted by atomic mass is 10.1. The molecule has 8 nitrogen and oxygen atoms in total. The average Bonchev–Trinajstić information content (AvgIpc) is 2.74. The number of hydrogen-bond acceptors (Lipinski definition) is 7. The van der Waals surface area contributed by atoms with E-state index in [4.69, 9.17) is 23.7 Å². The highest BCUT2D eigenvalue weighted by molar-refractivity contribution is 5.97. The monoisotopic (exact) mass is 407 g/mol. The first-order valence-electron chi connectivity index (χ1n) is 8.49. The lowest BCUT2D eigenvalue weighted by Gasteiger charge is -2.14. The molecule has 0 aromatic heterocycles. The van der Waals surface area contributed by atoms with Crippen molar-refractivity contribution in [1.29, 1.82) is 0 Å². The number of amides is 1. The Hall–Kier alpha value is -3.49. The van der Waals surface area contributed by atoms with Gasteiger partial charge in [0.15, 0.2) is 23.1 Å². The Morgan fingerprint density at radius 2 is 1.52 bits per heavy atom. The van der Waals surface area contributed by atoms with E-state index < -0.39 is 17.7 Å². The topological polar surface area (TPSA) is 92.3 Å². The van der Waals surface area contributed by atoms with E-state index in [-0.39, 0.29) is 24.5 Å². The average molecular weight is 407 g/mol. The second-order valence-corrected chi connectivity index (χ2v) is 5.73. The van der Waals surface area contributed by atoms with Crippen LogP contribution in [0.15, 0.2) is 30.3 Å². The predicted molar refractivity (Wildman–Crippen MR) is 101 cm³/mol. The number of methoxy groups -OCH3 is 4. The fourth-order valence-corrected chi connectivity index (χ4v) is 2.48. The third kappa shape index (κ3) is 5.50. The van der Waals surface area contributed by atoms with Crippen molar-refractivity contribution in [3.8, 4) is 23.0 Å². The van der Waals surface area contributed by atoms with Crippen LogP contribution in [0.4, 0.5) is 4.39 Å². The molecule has 2 aromatic carbocycles. The molecule has 0 fully saturated rings. The summed E-state index contributed by atoms with van der Waals surface area (Å²) >= 11 is 0. The van der Waals surface area contributed by atoms with Crippen LogP contribution < -0.4 is 24.3 Å². The van der Waals surface area contributed by atoms with Crippen molar-refractivity contribution in [1.82, 2.24) is 5.32 Å². The van der Waals surface area contributed by atoms with Gasteiger partial charge >= 0.3 is 5.97 Å². The normalized spacial score (nSPS) is 10.1. The van der Waals surface area contributed by atoms with Crippen LogP contribution in [-0.2, 0) is 16.1 Å². The first kappa shape index (κ1) is 21.8. The molecule has 0 bridgehead atoms. The molecule has 1 amide bonds. The van der Waals surface area contributed by atoms with Crippen LogP contribution in [0.3, 0.4) is 0 Å². The number of carbonyl (C=O) groups excluding carboxylic acids is 2. The molecule has 0 atom stereocenters. The number of rotatable bonds is 9. The summed E-state index contributed by atoms with van der Waals surface area (Å²) in [6, 6.07) is 7.14. The summed E-state index contributed by atoms with van der Waals surface area (Å²) in [4.78, 5) is 24.2. The van der Waals surface area contributed by atoms with Gasteiger partial charge in [0.2, 0.25) is 5.75 Å². The van der Waals surface area contributed by atoms with Crippen molar-refractivity contribution in [2.45, 2.75) is 6.61 Å². The molecule has 0 unspecified atom stereocenters. The number of hydrogen-bond donors (Lipinski definition) is 1. The Kier molecular flexibility index (Phi) is 7.64. The maximum absolute atomic E-state index is 13.6. The summed E-state index contributed by atoms with van der Waals surface area (Å²) < 4.78 is 39.1. The van der Waals surface area contributed by atoms with Crippen LogP contribution in [0, 0.1) is 5.82 Å². The summed E-state index contributed by atoms with van der Waals surface area (Å²) in [5.41, 5.74) is 0.664. The Morgan fingerprint density at radius 3 is 2.03 bits per heavy atom. The van der Waals surface area contributed by atoms with Crippen molar-refractivity contribution >= 4 is 11.9 Å². The summed E-state index contributed by atoms with van der Waals surface area (Å²) in [5, 5.41) is 2.45. The van der Waals surface area contributed by atoms with Crippen LogP contribution in [-0.4, -0.2) is 46.9 Å².